The smallest absolute Gasteiger partial charge is 0.0434 e. The molecule has 0 radical (unpaired) electrons. The molecule has 2 nitrogen and oxygen atoms in total. The van der Waals surface area contributed by atoms with Crippen molar-refractivity contribution < 1.29 is 5.11 Å². The summed E-state index contributed by atoms with van der Waals surface area (Å²) in [5, 5.41) is 12.3. The summed E-state index contributed by atoms with van der Waals surface area (Å²) in [4.78, 5) is 0. The monoisotopic (exact) mass is 249 g/mol. The maximum Gasteiger partial charge on any atom is 0.0434 e. The lowest BCUT2D eigenvalue weighted by Gasteiger charge is -2.19. The van der Waals surface area contributed by atoms with Crippen LogP contribution in [0.1, 0.15) is 45.2 Å². The fraction of sp³-hybridized carbons (Fsp3) is 0.625. The first-order valence-electron chi connectivity index (χ1n) is 6.84. The van der Waals surface area contributed by atoms with E-state index in [-0.39, 0.29) is 12.0 Å². The number of benzene rings is 1. The molecule has 0 spiro atoms. The van der Waals surface area contributed by atoms with Gasteiger partial charge < -0.3 is 10.4 Å². The molecule has 0 heterocycles. The van der Waals surface area contributed by atoms with Crippen LogP contribution in [0.4, 0.5) is 0 Å². The van der Waals surface area contributed by atoms with Crippen LogP contribution >= 0.6 is 0 Å². The van der Waals surface area contributed by atoms with Gasteiger partial charge in [-0.25, -0.2) is 0 Å². The van der Waals surface area contributed by atoms with E-state index in [2.05, 4.69) is 57.3 Å². The first-order chi connectivity index (χ1) is 8.43. The van der Waals surface area contributed by atoms with E-state index in [0.29, 0.717) is 5.92 Å². The van der Waals surface area contributed by atoms with Crippen LogP contribution in [0.2, 0.25) is 0 Å². The van der Waals surface area contributed by atoms with Crippen molar-refractivity contribution in [2.24, 2.45) is 5.92 Å². The second kappa shape index (κ2) is 6.91. The molecule has 1 aromatic carbocycles. The molecule has 0 aliphatic carbocycles. The van der Waals surface area contributed by atoms with E-state index in [1.54, 1.807) is 0 Å². The number of rotatable bonds is 6. The quantitative estimate of drug-likeness (QED) is 0.812. The standard InChI is InChI=1S/C16H27NO/c1-13(9-10-18)11-17-12-14-5-7-15(8-6-14)16(2,3)4/h5-8,13,17-18H,9-12H2,1-4H3. The molecular formula is C16H27NO. The third-order valence-electron chi connectivity index (χ3n) is 3.26. The van der Waals surface area contributed by atoms with Crippen molar-refractivity contribution in [1.82, 2.24) is 5.32 Å². The van der Waals surface area contributed by atoms with E-state index < -0.39 is 0 Å². The Labute approximate surface area is 111 Å². The summed E-state index contributed by atoms with van der Waals surface area (Å²) in [6.07, 6.45) is 0.871. The normalized spacial score (nSPS) is 13.6. The van der Waals surface area contributed by atoms with Crippen LogP contribution in [-0.4, -0.2) is 18.3 Å². The molecule has 0 saturated carbocycles. The van der Waals surface area contributed by atoms with Gasteiger partial charge in [0.05, 0.1) is 0 Å². The predicted molar refractivity (Wildman–Crippen MR) is 77.7 cm³/mol. The Kier molecular flexibility index (Phi) is 5.83. The maximum absolute atomic E-state index is 8.83. The van der Waals surface area contributed by atoms with Crippen molar-refractivity contribution >= 4 is 0 Å². The Morgan fingerprint density at radius 2 is 1.78 bits per heavy atom. The maximum atomic E-state index is 8.83. The van der Waals surface area contributed by atoms with Gasteiger partial charge in [-0.15, -0.1) is 0 Å². The Hall–Kier alpha value is -0.860. The zero-order chi connectivity index (χ0) is 13.6. The fourth-order valence-corrected chi connectivity index (χ4v) is 1.91. The summed E-state index contributed by atoms with van der Waals surface area (Å²) >= 11 is 0. The van der Waals surface area contributed by atoms with Crippen LogP contribution in [-0.2, 0) is 12.0 Å². The van der Waals surface area contributed by atoms with Gasteiger partial charge in [0.15, 0.2) is 0 Å². The highest BCUT2D eigenvalue weighted by atomic mass is 16.3. The van der Waals surface area contributed by atoms with Crippen LogP contribution in [0.5, 0.6) is 0 Å². The molecule has 0 amide bonds. The number of hydrogen-bond donors (Lipinski definition) is 2. The van der Waals surface area contributed by atoms with Gasteiger partial charge in [0, 0.05) is 13.2 Å². The van der Waals surface area contributed by atoms with Crippen molar-refractivity contribution in [3.63, 3.8) is 0 Å². The zero-order valence-electron chi connectivity index (χ0n) is 12.2. The Balaban J connectivity index is 2.40. The lowest BCUT2D eigenvalue weighted by Crippen LogP contribution is -2.21. The minimum Gasteiger partial charge on any atom is -0.396 e. The first kappa shape index (κ1) is 15.2. The largest absolute Gasteiger partial charge is 0.396 e. The fourth-order valence-electron chi connectivity index (χ4n) is 1.91. The average Bonchev–Trinajstić information content (AvgIpc) is 2.29. The predicted octanol–water partition coefficient (Wildman–Crippen LogP) is 3.09. The van der Waals surface area contributed by atoms with Crippen LogP contribution in [0, 0.1) is 5.92 Å². The van der Waals surface area contributed by atoms with E-state index in [4.69, 9.17) is 5.11 Å². The minimum atomic E-state index is 0.224. The van der Waals surface area contributed by atoms with Crippen molar-refractivity contribution in [1.29, 1.82) is 0 Å². The molecular weight excluding hydrogens is 222 g/mol. The molecule has 2 heteroatoms. The summed E-state index contributed by atoms with van der Waals surface area (Å²) < 4.78 is 0. The Morgan fingerprint density at radius 1 is 1.17 bits per heavy atom. The summed E-state index contributed by atoms with van der Waals surface area (Å²) in [7, 11) is 0. The summed E-state index contributed by atoms with van der Waals surface area (Å²) in [6, 6.07) is 8.83. The van der Waals surface area contributed by atoms with Crippen LogP contribution in [0.25, 0.3) is 0 Å². The molecule has 0 bridgehead atoms. The van der Waals surface area contributed by atoms with E-state index >= 15 is 0 Å². The van der Waals surface area contributed by atoms with Crippen molar-refractivity contribution in [3.8, 4) is 0 Å². The second-order valence-corrected chi connectivity index (χ2v) is 6.20. The van der Waals surface area contributed by atoms with Crippen molar-refractivity contribution in [2.75, 3.05) is 13.2 Å². The van der Waals surface area contributed by atoms with Gasteiger partial charge in [0.1, 0.15) is 0 Å². The van der Waals surface area contributed by atoms with Crippen molar-refractivity contribution in [2.45, 2.75) is 46.1 Å². The highest BCUT2D eigenvalue weighted by Crippen LogP contribution is 2.22. The SMILES string of the molecule is CC(CCO)CNCc1ccc(C(C)(C)C)cc1. The van der Waals surface area contributed by atoms with Crippen LogP contribution in [0.3, 0.4) is 0 Å². The molecule has 102 valence electrons. The molecule has 0 aliphatic heterocycles. The van der Waals surface area contributed by atoms with Crippen LogP contribution in [0.15, 0.2) is 24.3 Å². The van der Waals surface area contributed by atoms with Gasteiger partial charge in [0.25, 0.3) is 0 Å². The van der Waals surface area contributed by atoms with Crippen molar-refractivity contribution in [3.05, 3.63) is 35.4 Å². The molecule has 0 saturated heterocycles. The van der Waals surface area contributed by atoms with Gasteiger partial charge >= 0.3 is 0 Å². The van der Waals surface area contributed by atoms with Gasteiger partial charge in [-0.3, -0.25) is 0 Å². The zero-order valence-corrected chi connectivity index (χ0v) is 12.2. The molecule has 1 atom stereocenters. The van der Waals surface area contributed by atoms with Crippen LogP contribution < -0.4 is 5.32 Å². The summed E-state index contributed by atoms with van der Waals surface area (Å²) in [5.41, 5.74) is 2.92. The third-order valence-corrected chi connectivity index (χ3v) is 3.26. The van der Waals surface area contributed by atoms with E-state index in [9.17, 15) is 0 Å². The molecule has 0 aliphatic rings. The van der Waals surface area contributed by atoms with Gasteiger partial charge in [-0.2, -0.15) is 0 Å². The highest BCUT2D eigenvalue weighted by molar-refractivity contribution is 5.27. The third kappa shape index (κ3) is 5.19. The number of hydrogen-bond acceptors (Lipinski definition) is 2. The molecule has 1 rings (SSSR count). The highest BCUT2D eigenvalue weighted by Gasteiger charge is 2.12. The Morgan fingerprint density at radius 3 is 2.28 bits per heavy atom. The molecule has 0 fully saturated rings. The van der Waals surface area contributed by atoms with E-state index in [0.717, 1.165) is 19.5 Å². The average molecular weight is 249 g/mol. The van der Waals surface area contributed by atoms with Gasteiger partial charge in [-0.05, 0) is 35.4 Å². The molecule has 2 N–H and O–H groups in total. The number of aliphatic hydroxyl groups is 1. The number of aliphatic hydroxyl groups excluding tert-OH is 1. The summed E-state index contributed by atoms with van der Waals surface area (Å²) in [6.45, 7) is 11.0. The number of nitrogens with one attached hydrogen (secondary N) is 1. The molecule has 0 aromatic heterocycles. The second-order valence-electron chi connectivity index (χ2n) is 6.20. The van der Waals surface area contributed by atoms with Gasteiger partial charge in [-0.1, -0.05) is 52.0 Å². The van der Waals surface area contributed by atoms with E-state index in [1.807, 2.05) is 0 Å². The lowest BCUT2D eigenvalue weighted by molar-refractivity contribution is 0.260. The lowest BCUT2D eigenvalue weighted by atomic mass is 9.87. The van der Waals surface area contributed by atoms with E-state index in [1.165, 1.54) is 11.1 Å². The first-order valence-corrected chi connectivity index (χ1v) is 6.84. The minimum absolute atomic E-state index is 0.224. The topological polar surface area (TPSA) is 32.3 Å². The van der Waals surface area contributed by atoms with Gasteiger partial charge in [0.2, 0.25) is 0 Å². The summed E-state index contributed by atoms with van der Waals surface area (Å²) in [5.74, 6) is 0.531. The molecule has 18 heavy (non-hydrogen) atoms. The molecule has 1 aromatic rings. The molecule has 1 unspecified atom stereocenters. The Bertz CT molecular complexity index is 337.